The Balaban J connectivity index is 2.46. The molecule has 0 saturated carbocycles. The van der Waals surface area contributed by atoms with Crippen molar-refractivity contribution in [3.05, 3.63) is 69.5 Å². The molecule has 0 spiro atoms. The molecule has 90 valence electrons. The van der Waals surface area contributed by atoms with Gasteiger partial charge in [-0.05, 0) is 12.1 Å². The minimum atomic E-state index is -1.08. The molecule has 0 saturated heterocycles. The molecular formula is C12H8N2O4. The predicted molar refractivity (Wildman–Crippen MR) is 62.7 cm³/mol. The molecule has 0 aromatic carbocycles. The number of hydrogen-bond donors (Lipinski definition) is 0. The van der Waals surface area contributed by atoms with Crippen molar-refractivity contribution in [2.24, 2.45) is 0 Å². The maximum Gasteiger partial charge on any atom is 0.323 e. The molecule has 2 aromatic heterocycles. The summed E-state index contributed by atoms with van der Waals surface area (Å²) in [6, 6.07) is 8.09. The molecule has 6 nitrogen and oxygen atoms in total. The van der Waals surface area contributed by atoms with Gasteiger partial charge >= 0.3 is 11.8 Å². The Morgan fingerprint density at radius 1 is 0.722 bits per heavy atom. The molecule has 6 heteroatoms. The van der Waals surface area contributed by atoms with Gasteiger partial charge < -0.3 is 0 Å². The molecule has 0 amide bonds. The average molecular weight is 244 g/mol. The molecule has 0 aliphatic carbocycles. The lowest BCUT2D eigenvalue weighted by molar-refractivity contribution is 0.0710. The highest BCUT2D eigenvalue weighted by molar-refractivity contribution is 6.36. The first-order valence-electron chi connectivity index (χ1n) is 5.05. The van der Waals surface area contributed by atoms with Crippen molar-refractivity contribution in [1.29, 1.82) is 0 Å². The largest absolute Gasteiger partial charge is 0.323 e. The summed E-state index contributed by atoms with van der Waals surface area (Å²) in [6.45, 7) is 0. The quantitative estimate of drug-likeness (QED) is 0.610. The fourth-order valence-corrected chi connectivity index (χ4v) is 1.40. The van der Waals surface area contributed by atoms with Crippen LogP contribution in [0.5, 0.6) is 0 Å². The summed E-state index contributed by atoms with van der Waals surface area (Å²) in [6.07, 6.45) is 2.35. The zero-order chi connectivity index (χ0) is 13.1. The molecule has 2 heterocycles. The summed E-state index contributed by atoms with van der Waals surface area (Å²) in [4.78, 5) is 46.3. The van der Waals surface area contributed by atoms with E-state index in [1.807, 2.05) is 0 Å². The van der Waals surface area contributed by atoms with Gasteiger partial charge in [0.05, 0.1) is 0 Å². The smallest absolute Gasteiger partial charge is 0.269 e. The van der Waals surface area contributed by atoms with Crippen molar-refractivity contribution in [3.8, 4) is 0 Å². The van der Waals surface area contributed by atoms with Crippen molar-refractivity contribution < 1.29 is 9.59 Å². The van der Waals surface area contributed by atoms with Crippen LogP contribution in [-0.4, -0.2) is 20.9 Å². The van der Waals surface area contributed by atoms with Gasteiger partial charge in [0.15, 0.2) is 0 Å². The van der Waals surface area contributed by atoms with E-state index in [1.54, 1.807) is 0 Å². The van der Waals surface area contributed by atoms with Crippen molar-refractivity contribution in [2.75, 3.05) is 0 Å². The molecule has 0 atom stereocenters. The van der Waals surface area contributed by atoms with Gasteiger partial charge in [-0.3, -0.25) is 19.2 Å². The SMILES string of the molecule is O=C(C(=O)n1ccccc1=O)n1ccccc1=O. The molecule has 0 bridgehead atoms. The van der Waals surface area contributed by atoms with Crippen LogP contribution in [0.2, 0.25) is 0 Å². The van der Waals surface area contributed by atoms with Gasteiger partial charge in [0.2, 0.25) is 0 Å². The van der Waals surface area contributed by atoms with Crippen molar-refractivity contribution >= 4 is 11.8 Å². The molecule has 0 radical (unpaired) electrons. The monoisotopic (exact) mass is 244 g/mol. The Hall–Kier alpha value is -2.76. The second kappa shape index (κ2) is 4.62. The Bertz CT molecular complexity index is 663. The van der Waals surface area contributed by atoms with E-state index in [1.165, 1.54) is 36.7 Å². The van der Waals surface area contributed by atoms with Gasteiger partial charge in [-0.1, -0.05) is 12.1 Å². The number of aromatic nitrogens is 2. The van der Waals surface area contributed by atoms with Crippen LogP contribution in [0.25, 0.3) is 0 Å². The van der Waals surface area contributed by atoms with Crippen LogP contribution in [0.15, 0.2) is 58.4 Å². The first-order chi connectivity index (χ1) is 8.61. The summed E-state index contributed by atoms with van der Waals surface area (Å²) in [7, 11) is 0. The Kier molecular flexibility index (Phi) is 3.01. The molecule has 0 N–H and O–H groups in total. The molecule has 2 aromatic rings. The molecule has 0 fully saturated rings. The van der Waals surface area contributed by atoms with E-state index in [4.69, 9.17) is 0 Å². The van der Waals surface area contributed by atoms with Crippen molar-refractivity contribution in [1.82, 2.24) is 9.13 Å². The third-order valence-electron chi connectivity index (χ3n) is 2.27. The van der Waals surface area contributed by atoms with Gasteiger partial charge in [0.25, 0.3) is 11.1 Å². The van der Waals surface area contributed by atoms with Gasteiger partial charge in [-0.25, -0.2) is 9.13 Å². The molecule has 0 aliphatic rings. The van der Waals surface area contributed by atoms with E-state index >= 15 is 0 Å². The Morgan fingerprint density at radius 2 is 1.11 bits per heavy atom. The highest BCUT2D eigenvalue weighted by atomic mass is 16.2. The van der Waals surface area contributed by atoms with Gasteiger partial charge in [0.1, 0.15) is 0 Å². The van der Waals surface area contributed by atoms with Crippen LogP contribution >= 0.6 is 0 Å². The van der Waals surface area contributed by atoms with Crippen LogP contribution in [0, 0.1) is 0 Å². The van der Waals surface area contributed by atoms with Gasteiger partial charge in [-0.2, -0.15) is 0 Å². The van der Waals surface area contributed by atoms with E-state index in [9.17, 15) is 19.2 Å². The third kappa shape index (κ3) is 2.03. The fourth-order valence-electron chi connectivity index (χ4n) is 1.40. The lowest BCUT2D eigenvalue weighted by Crippen LogP contribution is -2.38. The zero-order valence-electron chi connectivity index (χ0n) is 9.15. The van der Waals surface area contributed by atoms with Crippen molar-refractivity contribution in [3.63, 3.8) is 0 Å². The summed E-state index contributed by atoms with van der Waals surface area (Å²) >= 11 is 0. The van der Waals surface area contributed by atoms with Crippen LogP contribution in [0.1, 0.15) is 9.59 Å². The summed E-state index contributed by atoms with van der Waals surface area (Å²) in [5, 5.41) is 0. The maximum absolute atomic E-state index is 11.8. The highest BCUT2D eigenvalue weighted by Crippen LogP contribution is 1.89. The predicted octanol–water partition coefficient (Wildman–Crippen LogP) is -0.00940. The first-order valence-corrected chi connectivity index (χ1v) is 5.05. The zero-order valence-corrected chi connectivity index (χ0v) is 9.15. The lowest BCUT2D eigenvalue weighted by atomic mass is 10.4. The number of pyridine rings is 2. The minimum Gasteiger partial charge on any atom is -0.269 e. The first kappa shape index (κ1) is 11.7. The summed E-state index contributed by atoms with van der Waals surface area (Å²) < 4.78 is 1.31. The van der Waals surface area contributed by atoms with Gasteiger partial charge in [0, 0.05) is 24.5 Å². The molecular weight excluding hydrogens is 236 g/mol. The average Bonchev–Trinajstić information content (AvgIpc) is 2.38. The van der Waals surface area contributed by atoms with E-state index in [-0.39, 0.29) is 0 Å². The third-order valence-corrected chi connectivity index (χ3v) is 2.27. The van der Waals surface area contributed by atoms with Crippen LogP contribution < -0.4 is 11.1 Å². The maximum atomic E-state index is 11.8. The van der Waals surface area contributed by atoms with Crippen LogP contribution in [-0.2, 0) is 0 Å². The number of carbonyl (C=O) groups is 2. The summed E-state index contributed by atoms with van der Waals surface area (Å²) in [5.74, 6) is -2.15. The van der Waals surface area contributed by atoms with Crippen LogP contribution in [0.4, 0.5) is 0 Å². The van der Waals surface area contributed by atoms with E-state index in [2.05, 4.69) is 0 Å². The topological polar surface area (TPSA) is 78.1 Å². The van der Waals surface area contributed by atoms with E-state index in [0.29, 0.717) is 9.13 Å². The molecule has 2 rings (SSSR count). The number of hydrogen-bond acceptors (Lipinski definition) is 4. The fraction of sp³-hybridized carbons (Fsp3) is 0. The molecule has 0 aliphatic heterocycles. The second-order valence-corrected chi connectivity index (χ2v) is 3.43. The minimum absolute atomic E-state index is 0.625. The number of nitrogens with zero attached hydrogens (tertiary/aromatic N) is 2. The highest BCUT2D eigenvalue weighted by Gasteiger charge is 2.19. The van der Waals surface area contributed by atoms with E-state index in [0.717, 1.165) is 12.1 Å². The number of rotatable bonds is 0. The van der Waals surface area contributed by atoms with Gasteiger partial charge in [-0.15, -0.1) is 0 Å². The molecule has 18 heavy (non-hydrogen) atoms. The Labute approximate surface area is 101 Å². The summed E-state index contributed by atoms with van der Waals surface area (Å²) in [5.41, 5.74) is -1.25. The normalized spacial score (nSPS) is 10.0. The second-order valence-electron chi connectivity index (χ2n) is 3.43. The standard InChI is InChI=1S/C12H8N2O4/c15-9-5-1-3-7-13(9)11(17)12(18)14-8-4-2-6-10(14)16/h1-8H. The molecule has 0 unspecified atom stereocenters. The van der Waals surface area contributed by atoms with Crippen molar-refractivity contribution in [2.45, 2.75) is 0 Å². The Morgan fingerprint density at radius 3 is 1.44 bits per heavy atom. The lowest BCUT2D eigenvalue weighted by Gasteiger charge is -2.04. The number of carbonyl (C=O) groups excluding carboxylic acids is 2. The van der Waals surface area contributed by atoms with E-state index < -0.39 is 22.9 Å². The van der Waals surface area contributed by atoms with Crippen LogP contribution in [0.3, 0.4) is 0 Å².